The topological polar surface area (TPSA) is 71.3 Å². The summed E-state index contributed by atoms with van der Waals surface area (Å²) in [5, 5.41) is 12.2. The number of hydrogen-bond donors (Lipinski definition) is 2. The van der Waals surface area contributed by atoms with Gasteiger partial charge in [0.1, 0.15) is 11.2 Å². The SMILES string of the molecule is Cc1ccc(C(=O)NC2(C(=O)O)CCSCC2)n1C. The fourth-order valence-corrected chi connectivity index (χ4v) is 3.42. The van der Waals surface area contributed by atoms with E-state index in [9.17, 15) is 14.7 Å². The molecule has 1 aliphatic rings. The van der Waals surface area contributed by atoms with Crippen LogP contribution >= 0.6 is 11.8 Å². The Morgan fingerprint density at radius 1 is 1.37 bits per heavy atom. The second-order valence-electron chi connectivity index (χ2n) is 4.87. The number of carbonyl (C=O) groups is 2. The molecule has 6 heteroatoms. The Kier molecular flexibility index (Phi) is 3.89. The summed E-state index contributed by atoms with van der Waals surface area (Å²) in [4.78, 5) is 23.8. The summed E-state index contributed by atoms with van der Waals surface area (Å²) >= 11 is 1.72. The molecular formula is C13H18N2O3S. The normalized spacial score (nSPS) is 18.0. The molecule has 1 fully saturated rings. The zero-order valence-electron chi connectivity index (χ0n) is 11.1. The second kappa shape index (κ2) is 5.28. The molecule has 1 aromatic heterocycles. The van der Waals surface area contributed by atoms with Gasteiger partial charge in [-0.3, -0.25) is 4.79 Å². The summed E-state index contributed by atoms with van der Waals surface area (Å²) in [5.41, 5.74) is 0.352. The first-order valence-corrected chi connectivity index (χ1v) is 7.38. The summed E-state index contributed by atoms with van der Waals surface area (Å²) in [6, 6.07) is 3.57. The van der Waals surface area contributed by atoms with Crippen molar-refractivity contribution in [2.75, 3.05) is 11.5 Å². The Bertz CT molecular complexity index is 504. The van der Waals surface area contributed by atoms with E-state index in [2.05, 4.69) is 5.32 Å². The molecule has 0 aliphatic carbocycles. The third kappa shape index (κ3) is 2.63. The van der Waals surface area contributed by atoms with Gasteiger partial charge < -0.3 is 15.0 Å². The number of thioether (sulfide) groups is 1. The van der Waals surface area contributed by atoms with Crippen molar-refractivity contribution in [3.63, 3.8) is 0 Å². The van der Waals surface area contributed by atoms with Crippen LogP contribution in [0, 0.1) is 6.92 Å². The maximum Gasteiger partial charge on any atom is 0.329 e. The number of aliphatic carboxylic acids is 1. The van der Waals surface area contributed by atoms with Crippen molar-refractivity contribution in [3.8, 4) is 0 Å². The van der Waals surface area contributed by atoms with Gasteiger partial charge in [-0.1, -0.05) is 0 Å². The van der Waals surface area contributed by atoms with E-state index in [1.165, 1.54) is 0 Å². The highest BCUT2D eigenvalue weighted by Gasteiger charge is 2.41. The smallest absolute Gasteiger partial charge is 0.329 e. The van der Waals surface area contributed by atoms with E-state index in [4.69, 9.17) is 0 Å². The molecular weight excluding hydrogens is 264 g/mol. The van der Waals surface area contributed by atoms with Gasteiger partial charge in [0.05, 0.1) is 0 Å². The van der Waals surface area contributed by atoms with Gasteiger partial charge in [0.2, 0.25) is 0 Å². The average Bonchev–Trinajstić information content (AvgIpc) is 2.71. The van der Waals surface area contributed by atoms with Gasteiger partial charge in [0.25, 0.3) is 5.91 Å². The maximum absolute atomic E-state index is 12.3. The first-order valence-electron chi connectivity index (χ1n) is 6.22. The van der Waals surface area contributed by atoms with E-state index in [0.29, 0.717) is 18.5 Å². The monoisotopic (exact) mass is 282 g/mol. The molecule has 0 saturated carbocycles. The highest BCUT2D eigenvalue weighted by Crippen LogP contribution is 2.27. The highest BCUT2D eigenvalue weighted by molar-refractivity contribution is 7.99. The number of aromatic nitrogens is 1. The number of rotatable bonds is 3. The van der Waals surface area contributed by atoms with Gasteiger partial charge in [0, 0.05) is 12.7 Å². The third-order valence-electron chi connectivity index (χ3n) is 3.71. The molecule has 0 spiro atoms. The molecule has 0 radical (unpaired) electrons. The molecule has 19 heavy (non-hydrogen) atoms. The minimum atomic E-state index is -1.11. The fourth-order valence-electron chi connectivity index (χ4n) is 2.23. The fraction of sp³-hybridized carbons (Fsp3) is 0.538. The van der Waals surface area contributed by atoms with Crippen molar-refractivity contribution in [1.29, 1.82) is 0 Å². The number of nitrogens with one attached hydrogen (secondary N) is 1. The van der Waals surface area contributed by atoms with Crippen LogP contribution in [0.1, 0.15) is 29.0 Å². The van der Waals surface area contributed by atoms with E-state index >= 15 is 0 Å². The number of carbonyl (C=O) groups excluding carboxylic acids is 1. The molecule has 1 aliphatic heterocycles. The zero-order valence-corrected chi connectivity index (χ0v) is 11.9. The molecule has 2 heterocycles. The van der Waals surface area contributed by atoms with E-state index < -0.39 is 11.5 Å². The van der Waals surface area contributed by atoms with Gasteiger partial charge in [0.15, 0.2) is 0 Å². The average molecular weight is 282 g/mol. The molecule has 5 nitrogen and oxygen atoms in total. The summed E-state index contributed by atoms with van der Waals surface area (Å²) < 4.78 is 1.77. The van der Waals surface area contributed by atoms with Gasteiger partial charge in [-0.05, 0) is 43.4 Å². The van der Waals surface area contributed by atoms with Crippen molar-refractivity contribution >= 4 is 23.6 Å². The van der Waals surface area contributed by atoms with Crippen LogP contribution in [0.2, 0.25) is 0 Å². The lowest BCUT2D eigenvalue weighted by atomic mass is 9.92. The Balaban J connectivity index is 2.20. The Labute approximate surface area is 116 Å². The molecule has 104 valence electrons. The van der Waals surface area contributed by atoms with Crippen molar-refractivity contribution in [3.05, 3.63) is 23.5 Å². The second-order valence-corrected chi connectivity index (χ2v) is 6.10. The third-order valence-corrected chi connectivity index (χ3v) is 4.70. The summed E-state index contributed by atoms with van der Waals surface area (Å²) in [6.45, 7) is 1.90. The Morgan fingerprint density at radius 2 is 2.00 bits per heavy atom. The van der Waals surface area contributed by atoms with Crippen LogP contribution in [0.5, 0.6) is 0 Å². The van der Waals surface area contributed by atoms with E-state index in [1.54, 1.807) is 29.4 Å². The highest BCUT2D eigenvalue weighted by atomic mass is 32.2. The maximum atomic E-state index is 12.3. The Hall–Kier alpha value is -1.43. The molecule has 0 aromatic carbocycles. The van der Waals surface area contributed by atoms with Gasteiger partial charge in [-0.25, -0.2) is 4.79 Å². The number of hydrogen-bond acceptors (Lipinski definition) is 3. The van der Waals surface area contributed by atoms with Crippen LogP contribution in [0.25, 0.3) is 0 Å². The van der Waals surface area contributed by atoms with Crippen LogP contribution in [0.4, 0.5) is 0 Å². The molecule has 2 rings (SSSR count). The standard InChI is InChI=1S/C13H18N2O3S/c1-9-3-4-10(15(9)2)11(16)14-13(12(17)18)5-7-19-8-6-13/h3-4H,5-8H2,1-2H3,(H,14,16)(H,17,18). The molecule has 0 unspecified atom stereocenters. The number of amides is 1. The summed E-state index contributed by atoms with van der Waals surface area (Å²) in [5.74, 6) is 0.272. The predicted molar refractivity (Wildman–Crippen MR) is 74.5 cm³/mol. The van der Waals surface area contributed by atoms with E-state index in [-0.39, 0.29) is 5.91 Å². The minimum Gasteiger partial charge on any atom is -0.480 e. The van der Waals surface area contributed by atoms with Gasteiger partial charge in [-0.2, -0.15) is 11.8 Å². The molecule has 2 N–H and O–H groups in total. The number of aryl methyl sites for hydroxylation is 1. The lowest BCUT2D eigenvalue weighted by Crippen LogP contribution is -2.56. The van der Waals surface area contributed by atoms with Crippen molar-refractivity contribution < 1.29 is 14.7 Å². The summed E-state index contributed by atoms with van der Waals surface area (Å²) in [6.07, 6.45) is 0.949. The number of carboxylic acids is 1. The molecule has 1 amide bonds. The van der Waals surface area contributed by atoms with Crippen LogP contribution in [-0.4, -0.2) is 38.6 Å². The first kappa shape index (κ1) is 14.0. The number of carboxylic acid groups (broad SMARTS) is 1. The lowest BCUT2D eigenvalue weighted by molar-refractivity contribution is -0.144. The van der Waals surface area contributed by atoms with Gasteiger partial charge >= 0.3 is 5.97 Å². The first-order chi connectivity index (χ1) is 8.96. The lowest BCUT2D eigenvalue weighted by Gasteiger charge is -2.33. The van der Waals surface area contributed by atoms with Crippen LogP contribution in [0.15, 0.2) is 12.1 Å². The predicted octanol–water partition coefficient (Wildman–Crippen LogP) is 1.41. The quantitative estimate of drug-likeness (QED) is 0.879. The number of nitrogens with zero attached hydrogens (tertiary/aromatic N) is 1. The Morgan fingerprint density at radius 3 is 2.47 bits per heavy atom. The van der Waals surface area contributed by atoms with Crippen molar-refractivity contribution in [2.45, 2.75) is 25.3 Å². The molecule has 0 atom stereocenters. The van der Waals surface area contributed by atoms with Gasteiger partial charge in [-0.15, -0.1) is 0 Å². The van der Waals surface area contributed by atoms with Crippen LogP contribution in [-0.2, 0) is 11.8 Å². The molecule has 1 saturated heterocycles. The minimum absolute atomic E-state index is 0.315. The summed E-state index contributed by atoms with van der Waals surface area (Å²) in [7, 11) is 1.80. The van der Waals surface area contributed by atoms with E-state index in [1.807, 2.05) is 13.0 Å². The van der Waals surface area contributed by atoms with Crippen LogP contribution in [0.3, 0.4) is 0 Å². The van der Waals surface area contributed by atoms with Crippen molar-refractivity contribution in [2.24, 2.45) is 7.05 Å². The molecule has 0 bridgehead atoms. The molecule has 1 aromatic rings. The van der Waals surface area contributed by atoms with Crippen LogP contribution < -0.4 is 5.32 Å². The largest absolute Gasteiger partial charge is 0.480 e. The zero-order chi connectivity index (χ0) is 14.0. The van der Waals surface area contributed by atoms with E-state index in [0.717, 1.165) is 17.2 Å². The van der Waals surface area contributed by atoms with Crippen molar-refractivity contribution in [1.82, 2.24) is 9.88 Å².